The normalized spacial score (nSPS) is 9.39. The van der Waals surface area contributed by atoms with Crippen LogP contribution in [0.2, 0.25) is 0 Å². The van der Waals surface area contributed by atoms with E-state index in [1.54, 1.807) is 0 Å². The number of nitrogens with two attached hydrogens (primary N) is 1. The molecule has 2 aromatic rings. The largest absolute Gasteiger partial charge is 0.457 e. The van der Waals surface area contributed by atoms with Gasteiger partial charge in [0.2, 0.25) is 0 Å². The van der Waals surface area contributed by atoms with Gasteiger partial charge in [-0.15, -0.1) is 0 Å². The average molecular weight is 237 g/mol. The topological polar surface area (TPSA) is 35.2 Å². The van der Waals surface area contributed by atoms with E-state index < -0.39 is 0 Å². The van der Waals surface area contributed by atoms with Crippen LogP contribution >= 0.6 is 0 Å². The molecule has 90 valence electrons. The predicted molar refractivity (Wildman–Crippen MR) is 73.5 cm³/mol. The van der Waals surface area contributed by atoms with Gasteiger partial charge in [-0.3, -0.25) is 0 Å². The zero-order chi connectivity index (χ0) is 12.6. The maximum atomic E-state index is 5.69. The smallest absolute Gasteiger partial charge is 0.127 e. The van der Waals surface area contributed by atoms with Crippen LogP contribution in [0.25, 0.3) is 0 Å². The van der Waals surface area contributed by atoms with E-state index in [1.165, 1.54) is 0 Å². The highest BCUT2D eigenvalue weighted by Gasteiger charge is 1.95. The molecule has 0 saturated heterocycles. The summed E-state index contributed by atoms with van der Waals surface area (Å²) in [6, 6.07) is 17.4. The number of hydrogen-bond acceptors (Lipinski definition) is 2. The standard InChI is InChI=1S/C16H15NO/c17-13-5-4-6-14-9-11-16(12-10-14)18-15-7-2-1-3-8-15/h1-3,7-12H,5,13,17H2. The monoisotopic (exact) mass is 237 g/mol. The Labute approximate surface area is 107 Å². The molecule has 0 aromatic heterocycles. The zero-order valence-electron chi connectivity index (χ0n) is 10.1. The van der Waals surface area contributed by atoms with E-state index in [1.807, 2.05) is 54.6 Å². The maximum absolute atomic E-state index is 5.69. The van der Waals surface area contributed by atoms with Crippen molar-refractivity contribution in [2.45, 2.75) is 6.42 Å². The van der Waals surface area contributed by atoms with Gasteiger partial charge in [0.15, 0.2) is 0 Å². The molecule has 0 saturated carbocycles. The zero-order valence-corrected chi connectivity index (χ0v) is 10.1. The van der Waals surface area contributed by atoms with Gasteiger partial charge in [-0.1, -0.05) is 30.0 Å². The molecule has 0 heterocycles. The van der Waals surface area contributed by atoms with Crippen molar-refractivity contribution in [1.82, 2.24) is 0 Å². The quantitative estimate of drug-likeness (QED) is 0.832. The lowest BCUT2D eigenvalue weighted by molar-refractivity contribution is 0.482. The fourth-order valence-corrected chi connectivity index (χ4v) is 1.47. The second-order valence-corrected chi connectivity index (χ2v) is 3.78. The third-order valence-electron chi connectivity index (χ3n) is 2.34. The molecule has 0 aliphatic carbocycles. The van der Waals surface area contributed by atoms with E-state index in [0.29, 0.717) is 6.54 Å². The molecule has 0 spiro atoms. The second kappa shape index (κ2) is 6.48. The first kappa shape index (κ1) is 12.2. The Morgan fingerprint density at radius 3 is 2.22 bits per heavy atom. The van der Waals surface area contributed by atoms with Crippen LogP contribution in [0.1, 0.15) is 12.0 Å². The van der Waals surface area contributed by atoms with Crippen LogP contribution in [-0.4, -0.2) is 6.54 Å². The summed E-state index contributed by atoms with van der Waals surface area (Å²) in [7, 11) is 0. The number of benzene rings is 2. The summed E-state index contributed by atoms with van der Waals surface area (Å²) in [5, 5.41) is 0. The van der Waals surface area contributed by atoms with Crippen LogP contribution in [0.5, 0.6) is 11.5 Å². The first-order valence-corrected chi connectivity index (χ1v) is 5.90. The Morgan fingerprint density at radius 1 is 0.889 bits per heavy atom. The highest BCUT2D eigenvalue weighted by molar-refractivity contribution is 5.39. The Balaban J connectivity index is 2.02. The maximum Gasteiger partial charge on any atom is 0.127 e. The lowest BCUT2D eigenvalue weighted by Gasteiger charge is -2.04. The molecule has 0 aliphatic rings. The van der Waals surface area contributed by atoms with Crippen LogP contribution in [0, 0.1) is 11.8 Å². The molecule has 18 heavy (non-hydrogen) atoms. The summed E-state index contributed by atoms with van der Waals surface area (Å²) in [4.78, 5) is 0. The first-order chi connectivity index (χ1) is 8.88. The molecule has 0 bridgehead atoms. The van der Waals surface area contributed by atoms with Gasteiger partial charge in [0.25, 0.3) is 0 Å². The Hall–Kier alpha value is -2.24. The molecule has 2 heteroatoms. The molecule has 0 amide bonds. The van der Waals surface area contributed by atoms with Gasteiger partial charge in [0.05, 0.1) is 0 Å². The molecule has 0 aliphatic heterocycles. The minimum absolute atomic E-state index is 0.599. The minimum atomic E-state index is 0.599. The molecule has 0 fully saturated rings. The van der Waals surface area contributed by atoms with Crippen molar-refractivity contribution in [3.8, 4) is 23.3 Å². The van der Waals surface area contributed by atoms with Gasteiger partial charge >= 0.3 is 0 Å². The van der Waals surface area contributed by atoms with Crippen LogP contribution in [-0.2, 0) is 0 Å². The highest BCUT2D eigenvalue weighted by Crippen LogP contribution is 2.20. The lowest BCUT2D eigenvalue weighted by atomic mass is 10.2. The van der Waals surface area contributed by atoms with Gasteiger partial charge < -0.3 is 10.5 Å². The molecular weight excluding hydrogens is 222 g/mol. The lowest BCUT2D eigenvalue weighted by Crippen LogP contribution is -1.95. The Kier molecular flexibility index (Phi) is 4.40. The summed E-state index contributed by atoms with van der Waals surface area (Å²) in [6.07, 6.45) is 0.724. The van der Waals surface area contributed by atoms with Crippen molar-refractivity contribution in [2.24, 2.45) is 5.73 Å². The van der Waals surface area contributed by atoms with Crippen molar-refractivity contribution in [1.29, 1.82) is 0 Å². The van der Waals surface area contributed by atoms with Crippen molar-refractivity contribution in [3.05, 3.63) is 60.2 Å². The predicted octanol–water partition coefficient (Wildman–Crippen LogP) is 3.18. The van der Waals surface area contributed by atoms with Crippen molar-refractivity contribution in [2.75, 3.05) is 6.54 Å². The molecule has 2 aromatic carbocycles. The number of para-hydroxylation sites is 1. The third-order valence-corrected chi connectivity index (χ3v) is 2.34. The molecule has 0 radical (unpaired) electrons. The van der Waals surface area contributed by atoms with Crippen molar-refractivity contribution < 1.29 is 4.74 Å². The fraction of sp³-hybridized carbons (Fsp3) is 0.125. The molecule has 0 unspecified atom stereocenters. The summed E-state index contributed by atoms with van der Waals surface area (Å²) in [6.45, 7) is 0.599. The highest BCUT2D eigenvalue weighted by atomic mass is 16.5. The van der Waals surface area contributed by atoms with Crippen molar-refractivity contribution in [3.63, 3.8) is 0 Å². The number of ether oxygens (including phenoxy) is 1. The Morgan fingerprint density at radius 2 is 1.56 bits per heavy atom. The SMILES string of the molecule is NCCC#Cc1ccc(Oc2ccccc2)cc1. The molecular formula is C16H15NO. The van der Waals surface area contributed by atoms with Gasteiger partial charge in [0.1, 0.15) is 11.5 Å². The number of hydrogen-bond donors (Lipinski definition) is 1. The number of rotatable bonds is 3. The fourth-order valence-electron chi connectivity index (χ4n) is 1.47. The van der Waals surface area contributed by atoms with Gasteiger partial charge in [-0.2, -0.15) is 0 Å². The summed E-state index contributed by atoms with van der Waals surface area (Å²) >= 11 is 0. The van der Waals surface area contributed by atoms with Gasteiger partial charge in [0, 0.05) is 18.5 Å². The van der Waals surface area contributed by atoms with E-state index in [4.69, 9.17) is 10.5 Å². The summed E-state index contributed by atoms with van der Waals surface area (Å²) in [5.41, 5.74) is 6.36. The van der Waals surface area contributed by atoms with E-state index in [9.17, 15) is 0 Å². The summed E-state index contributed by atoms with van der Waals surface area (Å²) in [5.74, 6) is 7.70. The average Bonchev–Trinajstić information content (AvgIpc) is 2.42. The van der Waals surface area contributed by atoms with E-state index in [0.717, 1.165) is 23.5 Å². The third kappa shape index (κ3) is 3.65. The molecule has 2 N–H and O–H groups in total. The van der Waals surface area contributed by atoms with Gasteiger partial charge in [-0.25, -0.2) is 0 Å². The van der Waals surface area contributed by atoms with Crippen LogP contribution in [0.15, 0.2) is 54.6 Å². The van der Waals surface area contributed by atoms with Crippen LogP contribution in [0.4, 0.5) is 0 Å². The van der Waals surface area contributed by atoms with E-state index >= 15 is 0 Å². The Bertz CT molecular complexity index is 535. The minimum Gasteiger partial charge on any atom is -0.457 e. The van der Waals surface area contributed by atoms with Crippen LogP contribution < -0.4 is 10.5 Å². The molecule has 0 atom stereocenters. The van der Waals surface area contributed by atoms with Crippen molar-refractivity contribution >= 4 is 0 Å². The first-order valence-electron chi connectivity index (χ1n) is 5.90. The molecule has 2 nitrogen and oxygen atoms in total. The summed E-state index contributed by atoms with van der Waals surface area (Å²) < 4.78 is 5.69. The van der Waals surface area contributed by atoms with Gasteiger partial charge in [-0.05, 0) is 36.4 Å². The van der Waals surface area contributed by atoms with Crippen LogP contribution in [0.3, 0.4) is 0 Å². The van der Waals surface area contributed by atoms with E-state index in [2.05, 4.69) is 11.8 Å². The second-order valence-electron chi connectivity index (χ2n) is 3.78. The van der Waals surface area contributed by atoms with E-state index in [-0.39, 0.29) is 0 Å². The molecule has 2 rings (SSSR count).